The second kappa shape index (κ2) is 10.8. The van der Waals surface area contributed by atoms with Crippen LogP contribution >= 0.6 is 0 Å². The van der Waals surface area contributed by atoms with Crippen molar-refractivity contribution in [2.75, 3.05) is 7.11 Å². The minimum absolute atomic E-state index is 0.0819. The lowest BCUT2D eigenvalue weighted by molar-refractivity contribution is -0.129. The quantitative estimate of drug-likeness (QED) is 0.270. The van der Waals surface area contributed by atoms with Crippen LogP contribution in [-0.2, 0) is 4.79 Å². The lowest BCUT2D eigenvalue weighted by atomic mass is 10.1. The Labute approximate surface area is 182 Å². The number of ether oxygens (including phenoxy) is 3. The van der Waals surface area contributed by atoms with Gasteiger partial charge in [0.05, 0.1) is 18.9 Å². The van der Waals surface area contributed by atoms with Gasteiger partial charge in [-0.05, 0) is 73.5 Å². The third kappa shape index (κ3) is 6.85. The summed E-state index contributed by atoms with van der Waals surface area (Å²) in [7, 11) is 1.54. The molecule has 0 N–H and O–H groups in total. The predicted octanol–water partition coefficient (Wildman–Crippen LogP) is 5.67. The van der Waals surface area contributed by atoms with E-state index in [2.05, 4.69) is 4.98 Å². The number of pyridine rings is 1. The number of carbonyl (C=O) groups is 1. The lowest BCUT2D eigenvalue weighted by Crippen LogP contribution is -2.06. The summed E-state index contributed by atoms with van der Waals surface area (Å²) >= 11 is 0. The molecule has 5 heteroatoms. The predicted molar refractivity (Wildman–Crippen MR) is 123 cm³/mol. The average Bonchev–Trinajstić information content (AvgIpc) is 2.77. The van der Waals surface area contributed by atoms with Crippen LogP contribution in [0.4, 0.5) is 0 Å². The van der Waals surface area contributed by atoms with Gasteiger partial charge in [0.1, 0.15) is 5.75 Å². The number of hydrogen-bond acceptors (Lipinski definition) is 5. The minimum Gasteiger partial charge on any atom is -0.493 e. The van der Waals surface area contributed by atoms with Gasteiger partial charge in [0, 0.05) is 12.3 Å². The summed E-state index contributed by atoms with van der Waals surface area (Å²) in [5.41, 5.74) is 2.60. The Morgan fingerprint density at radius 2 is 1.74 bits per heavy atom. The van der Waals surface area contributed by atoms with Crippen LogP contribution in [0.25, 0.3) is 18.2 Å². The zero-order valence-corrected chi connectivity index (χ0v) is 17.8. The van der Waals surface area contributed by atoms with E-state index < -0.39 is 5.97 Å². The molecule has 158 valence electrons. The van der Waals surface area contributed by atoms with Gasteiger partial charge in [0.15, 0.2) is 11.5 Å². The molecule has 0 fully saturated rings. The second-order valence-corrected chi connectivity index (χ2v) is 6.99. The fourth-order valence-corrected chi connectivity index (χ4v) is 2.80. The Morgan fingerprint density at radius 3 is 2.48 bits per heavy atom. The maximum atomic E-state index is 12.3. The molecule has 0 aliphatic carbocycles. The van der Waals surface area contributed by atoms with Crippen LogP contribution < -0.4 is 14.2 Å². The molecule has 0 aliphatic heterocycles. The molecule has 3 rings (SSSR count). The molecule has 0 saturated heterocycles. The van der Waals surface area contributed by atoms with Crippen molar-refractivity contribution in [1.29, 1.82) is 0 Å². The monoisotopic (exact) mass is 415 g/mol. The van der Waals surface area contributed by atoms with Gasteiger partial charge in [-0.2, -0.15) is 0 Å². The Morgan fingerprint density at radius 1 is 0.903 bits per heavy atom. The number of benzene rings is 2. The smallest absolute Gasteiger partial charge is 0.336 e. The first-order valence-corrected chi connectivity index (χ1v) is 9.97. The van der Waals surface area contributed by atoms with Gasteiger partial charge >= 0.3 is 5.97 Å². The van der Waals surface area contributed by atoms with Gasteiger partial charge in [-0.25, -0.2) is 4.79 Å². The number of aromatic nitrogens is 1. The summed E-state index contributed by atoms with van der Waals surface area (Å²) in [5.74, 6) is 1.08. The Balaban J connectivity index is 1.67. The van der Waals surface area contributed by atoms with Crippen LogP contribution in [0.5, 0.6) is 17.2 Å². The molecular formula is C26H25NO4. The Bertz CT molecular complexity index is 1070. The first kappa shape index (κ1) is 21.8. The first-order chi connectivity index (χ1) is 15.0. The van der Waals surface area contributed by atoms with E-state index in [0.717, 1.165) is 22.6 Å². The van der Waals surface area contributed by atoms with Gasteiger partial charge in [-0.1, -0.05) is 30.3 Å². The molecule has 3 aromatic rings. The molecule has 0 amide bonds. The first-order valence-electron chi connectivity index (χ1n) is 9.97. The van der Waals surface area contributed by atoms with E-state index in [9.17, 15) is 4.79 Å². The molecule has 0 unspecified atom stereocenters. The van der Waals surface area contributed by atoms with E-state index >= 15 is 0 Å². The fourth-order valence-electron chi connectivity index (χ4n) is 2.80. The van der Waals surface area contributed by atoms with Crippen molar-refractivity contribution in [3.05, 3.63) is 89.8 Å². The number of hydrogen-bond donors (Lipinski definition) is 0. The topological polar surface area (TPSA) is 57.7 Å². The fraction of sp³-hybridized carbons (Fsp3) is 0.154. The van der Waals surface area contributed by atoms with E-state index in [0.29, 0.717) is 11.5 Å². The number of methoxy groups -OCH3 is 1. The van der Waals surface area contributed by atoms with Crippen LogP contribution in [-0.4, -0.2) is 24.2 Å². The maximum absolute atomic E-state index is 12.3. The van der Waals surface area contributed by atoms with Crippen molar-refractivity contribution in [3.8, 4) is 17.2 Å². The zero-order chi connectivity index (χ0) is 22.1. The van der Waals surface area contributed by atoms with Gasteiger partial charge in [0.2, 0.25) is 0 Å². The summed E-state index contributed by atoms with van der Waals surface area (Å²) in [4.78, 5) is 16.5. The van der Waals surface area contributed by atoms with Gasteiger partial charge in [0.25, 0.3) is 0 Å². The van der Waals surface area contributed by atoms with Crippen molar-refractivity contribution in [2.24, 2.45) is 0 Å². The highest BCUT2D eigenvalue weighted by molar-refractivity contribution is 5.89. The largest absolute Gasteiger partial charge is 0.493 e. The van der Waals surface area contributed by atoms with Gasteiger partial charge < -0.3 is 14.2 Å². The molecule has 5 nitrogen and oxygen atoms in total. The Kier molecular flexibility index (Phi) is 7.60. The summed E-state index contributed by atoms with van der Waals surface area (Å²) in [6, 6.07) is 18.6. The molecule has 1 aromatic heterocycles. The van der Waals surface area contributed by atoms with E-state index in [1.807, 2.05) is 74.5 Å². The van der Waals surface area contributed by atoms with Crippen molar-refractivity contribution < 1.29 is 19.0 Å². The molecule has 2 aromatic carbocycles. The van der Waals surface area contributed by atoms with Crippen molar-refractivity contribution in [3.63, 3.8) is 0 Å². The Hall–Kier alpha value is -3.86. The summed E-state index contributed by atoms with van der Waals surface area (Å²) in [6.07, 6.45) is 8.71. The van der Waals surface area contributed by atoms with Crippen molar-refractivity contribution in [2.45, 2.75) is 20.0 Å². The molecule has 1 heterocycles. The third-order valence-corrected chi connectivity index (χ3v) is 4.17. The standard InChI is InChI=1S/C26H25NO4/c1-19(2)30-23-9-6-7-20(17-23)12-15-26(28)31-24-14-11-21(18-25(24)29-3)10-13-22-8-4-5-16-27-22/h4-19H,1-3H3/b13-10+,15-12+. The number of esters is 1. The molecule has 0 spiro atoms. The van der Waals surface area contributed by atoms with Gasteiger partial charge in [-0.3, -0.25) is 4.98 Å². The van der Waals surface area contributed by atoms with Crippen molar-refractivity contribution >= 4 is 24.2 Å². The highest BCUT2D eigenvalue weighted by atomic mass is 16.6. The molecule has 0 bridgehead atoms. The summed E-state index contributed by atoms with van der Waals surface area (Å²) in [6.45, 7) is 3.93. The highest BCUT2D eigenvalue weighted by Gasteiger charge is 2.08. The van der Waals surface area contributed by atoms with Crippen molar-refractivity contribution in [1.82, 2.24) is 4.98 Å². The molecule has 0 atom stereocenters. The van der Waals surface area contributed by atoms with Crippen LogP contribution in [0, 0.1) is 0 Å². The van der Waals surface area contributed by atoms with Crippen LogP contribution in [0.15, 0.2) is 72.9 Å². The summed E-state index contributed by atoms with van der Waals surface area (Å²) in [5, 5.41) is 0. The SMILES string of the molecule is COc1cc(/C=C/c2ccccn2)ccc1OC(=O)/C=C/c1cccc(OC(C)C)c1. The molecule has 0 aliphatic rings. The maximum Gasteiger partial charge on any atom is 0.336 e. The normalized spacial score (nSPS) is 11.2. The number of carbonyl (C=O) groups excluding carboxylic acids is 1. The molecule has 0 saturated carbocycles. The molecular weight excluding hydrogens is 390 g/mol. The highest BCUT2D eigenvalue weighted by Crippen LogP contribution is 2.29. The second-order valence-electron chi connectivity index (χ2n) is 6.99. The average molecular weight is 415 g/mol. The van der Waals surface area contributed by atoms with E-state index in [-0.39, 0.29) is 6.10 Å². The zero-order valence-electron chi connectivity index (χ0n) is 17.8. The molecule has 0 radical (unpaired) electrons. The van der Waals surface area contributed by atoms with Crippen LogP contribution in [0.1, 0.15) is 30.7 Å². The minimum atomic E-state index is -0.495. The number of nitrogens with zero attached hydrogens (tertiary/aromatic N) is 1. The van der Waals surface area contributed by atoms with E-state index in [1.165, 1.54) is 13.2 Å². The van der Waals surface area contributed by atoms with Gasteiger partial charge in [-0.15, -0.1) is 0 Å². The van der Waals surface area contributed by atoms with Crippen LogP contribution in [0.3, 0.4) is 0 Å². The molecule has 31 heavy (non-hydrogen) atoms. The van der Waals surface area contributed by atoms with E-state index in [4.69, 9.17) is 14.2 Å². The lowest BCUT2D eigenvalue weighted by Gasteiger charge is -2.10. The third-order valence-electron chi connectivity index (χ3n) is 4.17. The van der Waals surface area contributed by atoms with E-state index in [1.54, 1.807) is 24.4 Å². The number of rotatable bonds is 8. The van der Waals surface area contributed by atoms with Crippen LogP contribution in [0.2, 0.25) is 0 Å². The summed E-state index contributed by atoms with van der Waals surface area (Å²) < 4.78 is 16.5.